The molecule has 8 aromatic heterocycles. The number of nitrogens with two attached hydrogens (primary N) is 4. The molecular formula is C84H126Cl4N22O30P4S2. The number of nitrogens with zero attached hydrogens (tertiary/aromatic N) is 16. The van der Waals surface area contributed by atoms with E-state index >= 15 is 0 Å². The first-order valence-electron chi connectivity index (χ1n) is 46.2. The number of anilines is 4. The molecule has 0 spiro atoms. The molecule has 6 aliphatic heterocycles. The fourth-order valence-electron chi connectivity index (χ4n) is 15.0. The first-order valence-corrected chi connectivity index (χ1v) is 55.7. The number of nitrogens with one attached hydrogen (secondary N) is 2. The van der Waals surface area contributed by atoms with E-state index in [0.29, 0.717) is 57.5 Å². The SMILES string of the molecule is CC(C)OC(=O)CCCOP1(=O)OC[C@H]2O[C@@H](n3cnc4c(N)ncnc43)[C@](C)(Cl)[C@@H]2O1.CC(C)OC(=O)CCCO[P@@]1(=O)OC[C@H]2O[C@@H](n3cnc4c(N)ncnc43)[C@](C)(Cl)[C@@H]2O1.CC(C)OC(=O)[C@H](C)N[P@@](=O)(OCCSC(=O)C(C)(C)C)OC[C@H]1O[C@@H](n2cnc3c(N)ncnc32)[C@](C)(Cl)[C@@H]1O.CC(C)OC(=O)[C@H](C)N[P@](=O)(OCCSC(=O)C(C)(C)C)OC[C@H]1O[C@@H](n2cnc3c(N)ncnc32)[C@](C)(Cl)[C@@H]1O. The molecule has 146 heavy (non-hydrogen) atoms. The molecule has 8 aromatic rings. The molecule has 62 heteroatoms. The third kappa shape index (κ3) is 29.4. The normalized spacial score (nSPS) is 28.4. The largest absolute Gasteiger partial charge is 0.475 e. The Labute approximate surface area is 869 Å². The molecule has 52 nitrogen and oxygen atoms in total. The fourth-order valence-corrected chi connectivity index (χ4v) is 24.1. The standard InChI is InChI=1S/2C24H38ClN6O8PS.2C18H25ClN5O7P/c2*1-13(2)38-20(33)14(3)30-40(35,36-8-9-41-22(34)23(4,5)6)37-10-15-17(32)24(7,25)21(39-15)31-12-29-16-18(26)27-11-28-19(16)31;2*1-10(2)29-12(25)5-4-6-27-32(26)28-7-11-14(31-32)18(3,19)17(30-11)24-9-23-13-15(20)21-8-22-16(13)24/h2*11-15,17,21,32H,8-10H2,1-7H3,(H,30,35)(H2,26,27,28);2*8-11,14,17H,4-7H2,1-3H3,(H2,20,21,22)/t14-,15+,17+,21+,24+,40+;14-,15+,17+,21+,24+,40-;11-,14-,17-,18-,32?;11-,14-,17-,18-,32+/m0011/s1. The lowest BCUT2D eigenvalue weighted by Crippen LogP contribution is -2.44. The second-order valence-corrected chi connectivity index (χ2v) is 50.3. The van der Waals surface area contributed by atoms with Gasteiger partial charge in [-0.05, 0) is 110 Å². The van der Waals surface area contributed by atoms with E-state index in [0.717, 1.165) is 23.5 Å². The van der Waals surface area contributed by atoms with Crippen LogP contribution in [0.15, 0.2) is 50.6 Å². The molecular weight excluding hydrogens is 2130 g/mol. The van der Waals surface area contributed by atoms with Crippen molar-refractivity contribution in [1.82, 2.24) is 88.3 Å². The van der Waals surface area contributed by atoms with Crippen molar-refractivity contribution in [3.05, 3.63) is 50.6 Å². The van der Waals surface area contributed by atoms with Gasteiger partial charge in [0.15, 0.2) is 81.0 Å². The van der Waals surface area contributed by atoms with Crippen LogP contribution in [0.1, 0.15) is 189 Å². The lowest BCUT2D eigenvalue weighted by molar-refractivity contribution is -0.150. The maximum absolute atomic E-state index is 13.7. The molecule has 812 valence electrons. The number of esters is 4. The number of ether oxygens (including phenoxy) is 8. The zero-order valence-electron chi connectivity index (χ0n) is 83.8. The van der Waals surface area contributed by atoms with E-state index in [9.17, 15) is 57.2 Å². The molecule has 6 saturated heterocycles. The van der Waals surface area contributed by atoms with E-state index in [2.05, 4.69) is 70.0 Å². The van der Waals surface area contributed by atoms with Crippen molar-refractivity contribution in [2.24, 2.45) is 10.8 Å². The molecule has 22 atom stereocenters. The Morgan fingerprint density at radius 3 is 1.02 bits per heavy atom. The van der Waals surface area contributed by atoms with Gasteiger partial charge in [-0.3, -0.25) is 92.3 Å². The van der Waals surface area contributed by atoms with Crippen LogP contribution in [0.2, 0.25) is 0 Å². The van der Waals surface area contributed by atoms with Gasteiger partial charge < -0.3 is 71.0 Å². The highest BCUT2D eigenvalue weighted by Crippen LogP contribution is 2.63. The molecule has 12 N–H and O–H groups in total. The van der Waals surface area contributed by atoms with Gasteiger partial charge in [0, 0.05) is 35.2 Å². The molecule has 6 aliphatic rings. The summed E-state index contributed by atoms with van der Waals surface area (Å²) in [7, 11) is -16.2. The first kappa shape index (κ1) is 119. The summed E-state index contributed by atoms with van der Waals surface area (Å²) in [4.78, 5) is 117. The van der Waals surface area contributed by atoms with Crippen LogP contribution in [0.4, 0.5) is 23.3 Å². The van der Waals surface area contributed by atoms with Crippen LogP contribution in [-0.2, 0) is 130 Å². The van der Waals surface area contributed by atoms with Crippen LogP contribution in [0.5, 0.6) is 0 Å². The first-order chi connectivity index (χ1) is 68.1. The summed E-state index contributed by atoms with van der Waals surface area (Å²) >= 11 is 29.2. The number of imidazole rings is 4. The second kappa shape index (κ2) is 49.2. The Balaban J connectivity index is 0.000000186. The Morgan fingerprint density at radius 1 is 0.452 bits per heavy atom. The lowest BCUT2D eigenvalue weighted by Gasteiger charge is -2.34. The zero-order chi connectivity index (χ0) is 108. The van der Waals surface area contributed by atoms with Crippen molar-refractivity contribution >= 4 is 203 Å². The lowest BCUT2D eigenvalue weighted by atomic mass is 9.99. The molecule has 0 aliphatic carbocycles. The van der Waals surface area contributed by atoms with Gasteiger partial charge in [-0.2, -0.15) is 0 Å². The summed E-state index contributed by atoms with van der Waals surface area (Å²) in [5.41, 5.74) is 25.5. The van der Waals surface area contributed by atoms with E-state index in [1.807, 2.05) is 0 Å². The number of aliphatic hydroxyl groups excluding tert-OH is 2. The number of nitrogen functional groups attached to an aromatic ring is 4. The third-order valence-electron chi connectivity index (χ3n) is 22.2. The van der Waals surface area contributed by atoms with Crippen LogP contribution < -0.4 is 33.1 Å². The minimum atomic E-state index is -4.19. The van der Waals surface area contributed by atoms with E-state index in [4.69, 9.17) is 152 Å². The monoisotopic (exact) mass is 2250 g/mol. The second-order valence-electron chi connectivity index (χ2n) is 38.1. The van der Waals surface area contributed by atoms with Gasteiger partial charge in [-0.15, -0.1) is 46.4 Å². The average Bonchev–Trinajstić information content (AvgIpc) is 1.58. The molecule has 0 radical (unpaired) electrons. The number of aliphatic hydroxyl groups is 2. The number of aromatic nitrogens is 16. The van der Waals surface area contributed by atoms with Crippen molar-refractivity contribution in [3.8, 4) is 0 Å². The zero-order valence-corrected chi connectivity index (χ0v) is 92.1. The quantitative estimate of drug-likeness (QED) is 0.00586. The summed E-state index contributed by atoms with van der Waals surface area (Å²) < 4.78 is 160. The van der Waals surface area contributed by atoms with Crippen molar-refractivity contribution < 1.29 is 140 Å². The van der Waals surface area contributed by atoms with Gasteiger partial charge in [0.25, 0.3) is 0 Å². The summed E-state index contributed by atoms with van der Waals surface area (Å²) in [5.74, 6) is -0.856. The number of hydrogen-bond donors (Lipinski definition) is 8. The molecule has 0 aromatic carbocycles. The van der Waals surface area contributed by atoms with E-state index in [-0.39, 0.29) is 122 Å². The van der Waals surface area contributed by atoms with E-state index in [1.54, 1.807) is 134 Å². The molecule has 6 fully saturated rings. The third-order valence-corrected chi connectivity index (χ3v) is 32.7. The summed E-state index contributed by atoms with van der Waals surface area (Å²) in [6, 6.07) is -2.12. The maximum Gasteiger partial charge on any atom is 0.475 e. The van der Waals surface area contributed by atoms with Crippen LogP contribution in [0, 0.1) is 10.8 Å². The number of thioether (sulfide) groups is 2. The Bertz CT molecular complexity index is 5750. The van der Waals surface area contributed by atoms with Gasteiger partial charge in [-0.25, -0.2) is 88.2 Å². The van der Waals surface area contributed by atoms with Crippen molar-refractivity contribution in [1.29, 1.82) is 0 Å². The molecule has 14 rings (SSSR count). The molecule has 0 amide bonds. The Morgan fingerprint density at radius 2 is 0.740 bits per heavy atom. The number of carbonyl (C=O) groups is 6. The van der Waals surface area contributed by atoms with Crippen LogP contribution in [0.3, 0.4) is 0 Å². The van der Waals surface area contributed by atoms with Crippen molar-refractivity contribution in [2.45, 2.75) is 294 Å². The predicted molar refractivity (Wildman–Crippen MR) is 534 cm³/mol. The number of alkyl halides is 4. The summed E-state index contributed by atoms with van der Waals surface area (Å²) in [6.45, 7) is 32.8. The number of phosphoric acid groups is 2. The van der Waals surface area contributed by atoms with Gasteiger partial charge in [0.1, 0.15) is 128 Å². The van der Waals surface area contributed by atoms with Crippen LogP contribution in [0.25, 0.3) is 44.7 Å². The fraction of sp³-hybridized carbons (Fsp3) is 0.690. The van der Waals surface area contributed by atoms with Crippen LogP contribution >= 0.6 is 101 Å². The van der Waals surface area contributed by atoms with Crippen molar-refractivity contribution in [2.75, 3.05) is 87.3 Å². The van der Waals surface area contributed by atoms with Gasteiger partial charge >= 0.3 is 55.0 Å². The number of halogens is 4. The summed E-state index contributed by atoms with van der Waals surface area (Å²) in [6.07, 6.45) is -0.191. The number of fused-ring (bicyclic) bond motifs is 6. The number of carbonyl (C=O) groups excluding carboxylic acids is 6. The minimum Gasteiger partial charge on any atom is -0.463 e. The smallest absolute Gasteiger partial charge is 0.463 e. The average molecular weight is 2250 g/mol. The van der Waals surface area contributed by atoms with E-state index < -0.39 is 185 Å². The number of hydrogen-bond acceptors (Lipinski definition) is 48. The van der Waals surface area contributed by atoms with Crippen LogP contribution in [-0.4, -0.2) is 292 Å². The molecule has 1 unspecified atom stereocenters. The molecule has 0 bridgehead atoms. The highest BCUT2D eigenvalue weighted by atomic mass is 35.5. The minimum absolute atomic E-state index is 0.00645. The van der Waals surface area contributed by atoms with E-state index in [1.165, 1.54) is 73.6 Å². The highest BCUT2D eigenvalue weighted by molar-refractivity contribution is 8.14. The topological polar surface area (TPSA) is 680 Å². The summed E-state index contributed by atoms with van der Waals surface area (Å²) in [5, 5.41) is 27.1. The maximum atomic E-state index is 13.7. The molecule has 0 saturated carbocycles. The van der Waals surface area contributed by atoms with Gasteiger partial charge in [0.2, 0.25) is 0 Å². The predicted octanol–water partition coefficient (Wildman–Crippen LogP) is 11.2. The Hall–Kier alpha value is -7.32. The highest BCUT2D eigenvalue weighted by Gasteiger charge is 2.63. The molecule has 14 heterocycles. The number of phosphoric ester groups is 2. The Kier molecular flexibility index (Phi) is 40.1. The van der Waals surface area contributed by atoms with Gasteiger partial charge in [-0.1, -0.05) is 65.1 Å². The number of rotatable bonds is 38. The van der Waals surface area contributed by atoms with Gasteiger partial charge in [0.05, 0.1) is 103 Å². The van der Waals surface area contributed by atoms with Crippen molar-refractivity contribution in [3.63, 3.8) is 0 Å².